The molecule has 2 aliphatic rings. The van der Waals surface area contributed by atoms with Crippen LogP contribution in [0.5, 0.6) is 11.5 Å². The molecule has 1 saturated heterocycles. The van der Waals surface area contributed by atoms with E-state index in [2.05, 4.69) is 4.90 Å². The van der Waals surface area contributed by atoms with Crippen molar-refractivity contribution in [3.8, 4) is 11.5 Å². The molecule has 1 aliphatic heterocycles. The summed E-state index contributed by atoms with van der Waals surface area (Å²) in [7, 11) is 0. The molecule has 1 aliphatic carbocycles. The zero-order valence-electron chi connectivity index (χ0n) is 15.4. The fourth-order valence-electron chi connectivity index (χ4n) is 4.40. The van der Waals surface area contributed by atoms with Gasteiger partial charge in [-0.15, -0.1) is 0 Å². The van der Waals surface area contributed by atoms with Crippen LogP contribution in [0.4, 0.5) is 4.39 Å². The first-order valence-corrected chi connectivity index (χ1v) is 9.46. The highest BCUT2D eigenvalue weighted by Gasteiger charge is 2.42. The Bertz CT molecular complexity index is 822. The summed E-state index contributed by atoms with van der Waals surface area (Å²) in [6.07, 6.45) is 1.86. The van der Waals surface area contributed by atoms with Crippen LogP contribution >= 0.6 is 0 Å². The number of rotatable bonds is 5. The Hall–Kier alpha value is -2.40. The van der Waals surface area contributed by atoms with Crippen molar-refractivity contribution in [1.82, 2.24) is 4.90 Å². The normalized spacial score (nSPS) is 24.7. The van der Waals surface area contributed by atoms with Gasteiger partial charge >= 0.3 is 0 Å². The summed E-state index contributed by atoms with van der Waals surface area (Å²) in [6, 6.07) is 11.7. The molecule has 4 rings (SSSR count). The number of phenolic OH excluding ortho intramolecular Hbond substituents is 1. The molecule has 0 radical (unpaired) electrons. The molecule has 1 heterocycles. The third kappa shape index (κ3) is 3.83. The van der Waals surface area contributed by atoms with Crippen molar-refractivity contribution in [2.75, 3.05) is 19.6 Å². The molecule has 3 atom stereocenters. The Morgan fingerprint density at radius 2 is 1.81 bits per heavy atom. The van der Waals surface area contributed by atoms with Gasteiger partial charge < -0.3 is 9.84 Å². The van der Waals surface area contributed by atoms with Gasteiger partial charge in [0.15, 0.2) is 17.3 Å². The topological polar surface area (TPSA) is 49.8 Å². The third-order valence-electron chi connectivity index (χ3n) is 5.79. The molecule has 1 N–H and O–H groups in total. The Balaban J connectivity index is 1.31. The number of hydrogen-bond donors (Lipinski definition) is 1. The van der Waals surface area contributed by atoms with E-state index in [4.69, 9.17) is 4.74 Å². The van der Waals surface area contributed by atoms with Gasteiger partial charge in [0.05, 0.1) is 12.6 Å². The summed E-state index contributed by atoms with van der Waals surface area (Å²) in [5, 5.41) is 9.34. The van der Waals surface area contributed by atoms with Crippen LogP contribution in [0, 0.1) is 24.6 Å². The van der Waals surface area contributed by atoms with Crippen LogP contribution < -0.4 is 4.74 Å². The van der Waals surface area contributed by atoms with Gasteiger partial charge in [0.25, 0.3) is 0 Å². The number of ketones is 1. The molecule has 2 aromatic carbocycles. The number of phenols is 1. The van der Waals surface area contributed by atoms with E-state index < -0.39 is 0 Å². The molecule has 2 aromatic rings. The zero-order valence-corrected chi connectivity index (χ0v) is 15.4. The second-order valence-corrected chi connectivity index (χ2v) is 7.78. The average Bonchev–Trinajstić information content (AvgIpc) is 3.17. The number of ether oxygens (including phenoxy) is 1. The van der Waals surface area contributed by atoms with E-state index in [1.165, 1.54) is 12.1 Å². The first-order valence-electron chi connectivity index (χ1n) is 9.46. The summed E-state index contributed by atoms with van der Waals surface area (Å²) >= 11 is 0. The molecule has 0 unspecified atom stereocenters. The Labute approximate surface area is 158 Å². The van der Waals surface area contributed by atoms with Gasteiger partial charge in [-0.05, 0) is 67.5 Å². The van der Waals surface area contributed by atoms with Crippen LogP contribution in [0.2, 0.25) is 0 Å². The molecule has 5 heteroatoms. The lowest BCUT2D eigenvalue weighted by molar-refractivity contribution is 0.0936. The first-order chi connectivity index (χ1) is 13.0. The Morgan fingerprint density at radius 3 is 2.48 bits per heavy atom. The quantitative estimate of drug-likeness (QED) is 0.815. The maximum atomic E-state index is 14.2. The maximum absolute atomic E-state index is 14.2. The summed E-state index contributed by atoms with van der Waals surface area (Å²) in [6.45, 7) is 3.90. The first kappa shape index (κ1) is 18.0. The number of aromatic hydroxyl groups is 1. The fourth-order valence-corrected chi connectivity index (χ4v) is 4.40. The van der Waals surface area contributed by atoms with E-state index in [-0.39, 0.29) is 23.5 Å². The van der Waals surface area contributed by atoms with Crippen LogP contribution in [-0.4, -0.2) is 41.5 Å². The van der Waals surface area contributed by atoms with E-state index in [0.717, 1.165) is 25.9 Å². The van der Waals surface area contributed by atoms with E-state index in [9.17, 15) is 14.3 Å². The minimum atomic E-state index is -0.268. The summed E-state index contributed by atoms with van der Waals surface area (Å²) in [5.74, 6) is 1.31. The lowest BCUT2D eigenvalue weighted by atomic mass is 10.0. The maximum Gasteiger partial charge on any atom is 0.176 e. The Kier molecular flexibility index (Phi) is 4.87. The molecule has 0 bridgehead atoms. The average molecular weight is 369 g/mol. The molecule has 0 aromatic heterocycles. The highest BCUT2D eigenvalue weighted by Crippen LogP contribution is 2.40. The standard InChI is InChI=1S/C22H24FNO3/c1-14-3-2-4-21(22(14)23)27-19-9-16-11-24(12-17(16)10-19)13-20(26)15-5-7-18(25)8-6-15/h2-8,16-17,19,25H,9-13H2,1H3/t16-,17+,19-. The minimum absolute atomic E-state index is 0.0475. The number of likely N-dealkylation sites (tertiary alicyclic amines) is 1. The number of nitrogens with zero attached hydrogens (tertiary/aromatic N) is 1. The van der Waals surface area contributed by atoms with Crippen molar-refractivity contribution in [2.45, 2.75) is 25.9 Å². The molecule has 0 amide bonds. The van der Waals surface area contributed by atoms with Crippen molar-refractivity contribution in [2.24, 2.45) is 11.8 Å². The zero-order chi connectivity index (χ0) is 19.0. The van der Waals surface area contributed by atoms with Crippen molar-refractivity contribution < 1.29 is 19.0 Å². The number of aryl methyl sites for hydroxylation is 1. The number of benzene rings is 2. The van der Waals surface area contributed by atoms with Crippen LogP contribution in [0.1, 0.15) is 28.8 Å². The molecule has 142 valence electrons. The predicted molar refractivity (Wildman–Crippen MR) is 101 cm³/mol. The van der Waals surface area contributed by atoms with Gasteiger partial charge in [0.1, 0.15) is 5.75 Å². The number of carbonyl (C=O) groups excluding carboxylic acids is 1. The fraction of sp³-hybridized carbons (Fsp3) is 0.409. The van der Waals surface area contributed by atoms with Gasteiger partial charge in [0.2, 0.25) is 0 Å². The van der Waals surface area contributed by atoms with Crippen LogP contribution in [0.3, 0.4) is 0 Å². The molecule has 27 heavy (non-hydrogen) atoms. The SMILES string of the molecule is Cc1cccc(O[C@@H]2C[C@@H]3CN(CC(=O)c4ccc(O)cc4)C[C@@H]3C2)c1F. The molecule has 4 nitrogen and oxygen atoms in total. The van der Waals surface area contributed by atoms with Crippen LogP contribution in [0.25, 0.3) is 0 Å². The van der Waals surface area contributed by atoms with Crippen molar-refractivity contribution in [3.63, 3.8) is 0 Å². The third-order valence-corrected chi connectivity index (χ3v) is 5.79. The number of fused-ring (bicyclic) bond motifs is 1. The molecule has 0 spiro atoms. The van der Waals surface area contributed by atoms with Crippen LogP contribution in [-0.2, 0) is 0 Å². The van der Waals surface area contributed by atoms with Crippen LogP contribution in [0.15, 0.2) is 42.5 Å². The smallest absolute Gasteiger partial charge is 0.176 e. The summed E-state index contributed by atoms with van der Waals surface area (Å²) < 4.78 is 20.1. The van der Waals surface area contributed by atoms with Gasteiger partial charge in [-0.1, -0.05) is 12.1 Å². The van der Waals surface area contributed by atoms with Gasteiger partial charge in [-0.3, -0.25) is 9.69 Å². The summed E-state index contributed by atoms with van der Waals surface area (Å²) in [4.78, 5) is 14.6. The lowest BCUT2D eigenvalue weighted by Gasteiger charge is -2.19. The monoisotopic (exact) mass is 369 g/mol. The largest absolute Gasteiger partial charge is 0.508 e. The van der Waals surface area contributed by atoms with Crippen molar-refractivity contribution >= 4 is 5.78 Å². The number of hydrogen-bond acceptors (Lipinski definition) is 4. The minimum Gasteiger partial charge on any atom is -0.508 e. The number of halogens is 1. The highest BCUT2D eigenvalue weighted by atomic mass is 19.1. The molecule has 2 fully saturated rings. The number of carbonyl (C=O) groups is 1. The second-order valence-electron chi connectivity index (χ2n) is 7.78. The number of Topliss-reactive ketones (excluding diaryl/α,β-unsaturated/α-hetero) is 1. The van der Waals surface area contributed by atoms with Crippen molar-refractivity contribution in [1.29, 1.82) is 0 Å². The van der Waals surface area contributed by atoms with E-state index in [1.807, 2.05) is 6.07 Å². The molecule has 1 saturated carbocycles. The van der Waals surface area contributed by atoms with Gasteiger partial charge in [-0.25, -0.2) is 4.39 Å². The molecular weight excluding hydrogens is 345 g/mol. The van der Waals surface area contributed by atoms with Gasteiger partial charge in [0, 0.05) is 18.7 Å². The van der Waals surface area contributed by atoms with Crippen molar-refractivity contribution in [3.05, 3.63) is 59.4 Å². The highest BCUT2D eigenvalue weighted by molar-refractivity contribution is 5.97. The van der Waals surface area contributed by atoms with E-state index in [1.54, 1.807) is 31.2 Å². The predicted octanol–water partition coefficient (Wildman–Crippen LogP) is 3.81. The van der Waals surface area contributed by atoms with E-state index >= 15 is 0 Å². The summed E-state index contributed by atoms with van der Waals surface area (Å²) in [5.41, 5.74) is 1.23. The Morgan fingerprint density at radius 1 is 1.15 bits per heavy atom. The van der Waals surface area contributed by atoms with Gasteiger partial charge in [-0.2, -0.15) is 0 Å². The lowest BCUT2D eigenvalue weighted by Crippen LogP contribution is -2.30. The van der Waals surface area contributed by atoms with E-state index in [0.29, 0.717) is 35.3 Å². The second kappa shape index (κ2) is 7.31. The molecular formula is C22H24FNO3.